The molecule has 1 heterocycles. The monoisotopic (exact) mass is 247 g/mol. The lowest BCUT2D eigenvalue weighted by Gasteiger charge is -2.22. The zero-order chi connectivity index (χ0) is 12.4. The Balaban J connectivity index is 1.71. The van der Waals surface area contributed by atoms with Crippen LogP contribution in [0.15, 0.2) is 24.3 Å². The number of nitrogens with one attached hydrogen (secondary N) is 1. The molecule has 0 amide bonds. The Hall–Kier alpha value is -1.39. The largest absolute Gasteiger partial charge is 0.490 e. The van der Waals surface area contributed by atoms with E-state index in [1.54, 1.807) is 0 Å². The van der Waals surface area contributed by atoms with E-state index >= 15 is 0 Å². The topological polar surface area (TPSA) is 47.6 Å². The minimum Gasteiger partial charge on any atom is -0.490 e. The average molecular weight is 247 g/mol. The van der Waals surface area contributed by atoms with E-state index in [0.717, 1.165) is 25.1 Å². The number of hydrogen-bond acceptors (Lipinski definition) is 4. The second-order valence-electron chi connectivity index (χ2n) is 4.79. The Morgan fingerprint density at radius 1 is 1.39 bits per heavy atom. The maximum Gasteiger partial charge on any atom is 0.182 e. The van der Waals surface area contributed by atoms with Gasteiger partial charge in [-0.15, -0.1) is 0 Å². The van der Waals surface area contributed by atoms with Crippen LogP contribution in [0, 0.1) is 0 Å². The third-order valence-corrected chi connectivity index (χ3v) is 3.18. The van der Waals surface area contributed by atoms with Crippen LogP contribution in [-0.4, -0.2) is 37.7 Å². The molecule has 3 rings (SSSR count). The van der Waals surface area contributed by atoms with Gasteiger partial charge in [0.05, 0.1) is 25.4 Å². The number of Topliss-reactive ketones (excluding diaryl/α,β-unsaturated/α-hetero) is 1. The smallest absolute Gasteiger partial charge is 0.182 e. The van der Waals surface area contributed by atoms with Gasteiger partial charge in [-0.3, -0.25) is 4.79 Å². The van der Waals surface area contributed by atoms with E-state index in [0.29, 0.717) is 24.9 Å². The molecule has 2 aliphatic rings. The van der Waals surface area contributed by atoms with Gasteiger partial charge >= 0.3 is 0 Å². The maximum atomic E-state index is 12.3. The summed E-state index contributed by atoms with van der Waals surface area (Å²) in [7, 11) is 0. The fraction of sp³-hybridized carbons (Fsp3) is 0.500. The lowest BCUT2D eigenvalue weighted by molar-refractivity contribution is 0.0607. The zero-order valence-electron chi connectivity index (χ0n) is 10.2. The molecule has 1 N–H and O–H groups in total. The van der Waals surface area contributed by atoms with Crippen molar-refractivity contribution in [2.75, 3.05) is 19.8 Å². The van der Waals surface area contributed by atoms with Crippen molar-refractivity contribution in [3.8, 4) is 5.75 Å². The normalized spacial score (nSPS) is 23.7. The molecule has 1 aliphatic carbocycles. The van der Waals surface area contributed by atoms with Crippen molar-refractivity contribution in [2.24, 2.45) is 0 Å². The zero-order valence-corrected chi connectivity index (χ0v) is 10.2. The van der Waals surface area contributed by atoms with E-state index in [-0.39, 0.29) is 11.8 Å². The third kappa shape index (κ3) is 2.71. The molecule has 0 bridgehead atoms. The summed E-state index contributed by atoms with van der Waals surface area (Å²) in [5.41, 5.74) is 0.691. The number of ether oxygens (including phenoxy) is 2. The van der Waals surface area contributed by atoms with Crippen LogP contribution in [0.4, 0.5) is 0 Å². The molecule has 1 saturated carbocycles. The number of carbonyl (C=O) groups is 1. The molecule has 0 aromatic heterocycles. The van der Waals surface area contributed by atoms with Crippen LogP contribution < -0.4 is 10.1 Å². The van der Waals surface area contributed by atoms with Gasteiger partial charge in [0.15, 0.2) is 5.78 Å². The molecule has 1 unspecified atom stereocenters. The summed E-state index contributed by atoms with van der Waals surface area (Å²) in [6.07, 6.45) is 2.60. The summed E-state index contributed by atoms with van der Waals surface area (Å²) < 4.78 is 11.0. The summed E-state index contributed by atoms with van der Waals surface area (Å²) >= 11 is 0. The molecule has 1 aliphatic heterocycles. The molecule has 4 nitrogen and oxygen atoms in total. The summed E-state index contributed by atoms with van der Waals surface area (Å²) in [4.78, 5) is 12.3. The van der Waals surface area contributed by atoms with E-state index in [1.165, 1.54) is 0 Å². The summed E-state index contributed by atoms with van der Waals surface area (Å²) in [5.74, 6) is 0.871. The molecule has 4 heteroatoms. The Bertz CT molecular complexity index is 436. The van der Waals surface area contributed by atoms with Crippen molar-refractivity contribution in [1.82, 2.24) is 5.32 Å². The lowest BCUT2D eigenvalue weighted by Crippen LogP contribution is -2.46. The first-order chi connectivity index (χ1) is 8.83. The highest BCUT2D eigenvalue weighted by Gasteiger charge is 2.25. The van der Waals surface area contributed by atoms with Gasteiger partial charge in [0, 0.05) is 12.1 Å². The average Bonchev–Trinajstić information content (AvgIpc) is 3.23. The minimum absolute atomic E-state index is 0.0796. The molecule has 18 heavy (non-hydrogen) atoms. The number of carbonyl (C=O) groups excluding carboxylic acids is 1. The van der Waals surface area contributed by atoms with Crippen LogP contribution in [0.1, 0.15) is 23.2 Å². The number of benzene rings is 1. The van der Waals surface area contributed by atoms with Gasteiger partial charge in [-0.2, -0.15) is 0 Å². The number of hydrogen-bond donors (Lipinski definition) is 1. The number of ketones is 1. The molecule has 0 spiro atoms. The Morgan fingerprint density at radius 2 is 2.28 bits per heavy atom. The van der Waals surface area contributed by atoms with E-state index in [1.807, 2.05) is 24.3 Å². The molecule has 1 aromatic carbocycles. The predicted octanol–water partition coefficient (Wildman–Crippen LogP) is 1.40. The molecule has 96 valence electrons. The minimum atomic E-state index is -0.227. The number of rotatable bonds is 4. The van der Waals surface area contributed by atoms with E-state index < -0.39 is 0 Å². The Kier molecular flexibility index (Phi) is 3.30. The van der Waals surface area contributed by atoms with E-state index in [2.05, 4.69) is 5.32 Å². The van der Waals surface area contributed by atoms with Gasteiger partial charge in [-0.1, -0.05) is 12.1 Å². The SMILES string of the molecule is O=C(c1cccc(OC2CC2)c1)C1COCCN1. The van der Waals surface area contributed by atoms with Crippen molar-refractivity contribution in [3.63, 3.8) is 0 Å². The highest BCUT2D eigenvalue weighted by atomic mass is 16.5. The molecular formula is C14H17NO3. The number of morpholine rings is 1. The van der Waals surface area contributed by atoms with Gasteiger partial charge in [0.25, 0.3) is 0 Å². The molecule has 1 aromatic rings. The van der Waals surface area contributed by atoms with Crippen LogP contribution in [0.5, 0.6) is 5.75 Å². The fourth-order valence-electron chi connectivity index (χ4n) is 2.04. The quantitative estimate of drug-likeness (QED) is 0.817. The van der Waals surface area contributed by atoms with Crippen LogP contribution >= 0.6 is 0 Å². The highest BCUT2D eigenvalue weighted by molar-refractivity contribution is 6.00. The first-order valence-electron chi connectivity index (χ1n) is 6.45. The van der Waals surface area contributed by atoms with Gasteiger partial charge in [-0.05, 0) is 25.0 Å². The summed E-state index contributed by atoms with van der Waals surface area (Å²) in [5, 5.41) is 3.17. The highest BCUT2D eigenvalue weighted by Crippen LogP contribution is 2.27. The van der Waals surface area contributed by atoms with Gasteiger partial charge < -0.3 is 14.8 Å². The predicted molar refractivity (Wildman–Crippen MR) is 67.0 cm³/mol. The molecule has 0 radical (unpaired) electrons. The first kappa shape index (κ1) is 11.7. The van der Waals surface area contributed by atoms with Gasteiger partial charge in [-0.25, -0.2) is 0 Å². The van der Waals surface area contributed by atoms with E-state index in [4.69, 9.17) is 9.47 Å². The second kappa shape index (κ2) is 5.08. The van der Waals surface area contributed by atoms with Gasteiger partial charge in [0.1, 0.15) is 5.75 Å². The molecule has 2 fully saturated rings. The first-order valence-corrected chi connectivity index (χ1v) is 6.45. The van der Waals surface area contributed by atoms with Crippen LogP contribution in [0.2, 0.25) is 0 Å². The fourth-order valence-corrected chi connectivity index (χ4v) is 2.04. The maximum absolute atomic E-state index is 12.3. The summed E-state index contributed by atoms with van der Waals surface area (Å²) in [6.45, 7) is 1.86. The third-order valence-electron chi connectivity index (χ3n) is 3.18. The molecule has 1 saturated heterocycles. The van der Waals surface area contributed by atoms with Crippen molar-refractivity contribution in [3.05, 3.63) is 29.8 Å². The molecule has 1 atom stereocenters. The second-order valence-corrected chi connectivity index (χ2v) is 4.79. The van der Waals surface area contributed by atoms with Crippen LogP contribution in [-0.2, 0) is 4.74 Å². The van der Waals surface area contributed by atoms with E-state index in [9.17, 15) is 4.79 Å². The Labute approximate surface area is 106 Å². The van der Waals surface area contributed by atoms with Crippen LogP contribution in [0.3, 0.4) is 0 Å². The summed E-state index contributed by atoms with van der Waals surface area (Å²) in [6, 6.07) is 7.21. The standard InChI is InChI=1S/C14H17NO3/c16-14(13-9-17-7-6-15-13)10-2-1-3-12(8-10)18-11-4-5-11/h1-3,8,11,13,15H,4-7,9H2. The van der Waals surface area contributed by atoms with Gasteiger partial charge in [0.2, 0.25) is 0 Å². The molecular weight excluding hydrogens is 230 g/mol. The Morgan fingerprint density at radius 3 is 3.00 bits per heavy atom. The lowest BCUT2D eigenvalue weighted by atomic mass is 10.0. The van der Waals surface area contributed by atoms with Crippen molar-refractivity contribution in [2.45, 2.75) is 25.0 Å². The van der Waals surface area contributed by atoms with Crippen molar-refractivity contribution >= 4 is 5.78 Å². The van der Waals surface area contributed by atoms with Crippen molar-refractivity contribution in [1.29, 1.82) is 0 Å². The van der Waals surface area contributed by atoms with Crippen molar-refractivity contribution < 1.29 is 14.3 Å². The van der Waals surface area contributed by atoms with Crippen LogP contribution in [0.25, 0.3) is 0 Å².